The van der Waals surface area contributed by atoms with Gasteiger partial charge in [-0.15, -0.1) is 0 Å². The first-order chi connectivity index (χ1) is 16.0. The molecule has 0 saturated carbocycles. The van der Waals surface area contributed by atoms with E-state index in [1.54, 1.807) is 17.0 Å². The van der Waals surface area contributed by atoms with Crippen molar-refractivity contribution in [3.63, 3.8) is 0 Å². The molecule has 7 nitrogen and oxygen atoms in total. The zero-order chi connectivity index (χ0) is 22.9. The van der Waals surface area contributed by atoms with Gasteiger partial charge in [-0.3, -0.25) is 19.5 Å². The number of fused-ring (bicyclic) bond motifs is 1. The SMILES string of the molecule is Cc1cccc(CN2CC[C@H](c3nc4c(c(=O)[nH]3)CCN(C(=O)c3ccccc3F)C4)C2)n1. The molecule has 3 aromatic rings. The standard InChI is InChI=1S/C25H26FN5O2/c1-16-5-4-6-18(27-16)14-30-11-9-17(13-30)23-28-22-15-31(12-10-20(22)24(32)29-23)25(33)19-7-2-3-8-21(19)26/h2-8,17H,9-15H2,1H3,(H,28,29,32)/t17-/m0/s1. The number of carbonyl (C=O) groups is 1. The van der Waals surface area contributed by atoms with Crippen LogP contribution in [-0.4, -0.2) is 50.3 Å². The lowest BCUT2D eigenvalue weighted by atomic mass is 10.0. The second-order valence-electron chi connectivity index (χ2n) is 8.82. The Labute approximate surface area is 191 Å². The van der Waals surface area contributed by atoms with Crippen molar-refractivity contribution in [2.45, 2.75) is 38.8 Å². The number of halogens is 1. The molecule has 1 saturated heterocycles. The molecule has 2 aromatic heterocycles. The zero-order valence-corrected chi connectivity index (χ0v) is 18.6. The lowest BCUT2D eigenvalue weighted by Gasteiger charge is -2.28. The lowest BCUT2D eigenvalue weighted by Crippen LogP contribution is -2.40. The molecule has 0 radical (unpaired) electrons. The topological polar surface area (TPSA) is 82.2 Å². The predicted octanol–water partition coefficient (Wildman–Crippen LogP) is 2.80. The molecule has 0 unspecified atom stereocenters. The summed E-state index contributed by atoms with van der Waals surface area (Å²) in [4.78, 5) is 41.9. The van der Waals surface area contributed by atoms with Crippen molar-refractivity contribution in [1.82, 2.24) is 24.8 Å². The average molecular weight is 448 g/mol. The van der Waals surface area contributed by atoms with Crippen LogP contribution in [0, 0.1) is 12.7 Å². The average Bonchev–Trinajstić information content (AvgIpc) is 3.27. The first-order valence-corrected chi connectivity index (χ1v) is 11.3. The third-order valence-electron chi connectivity index (χ3n) is 6.47. The van der Waals surface area contributed by atoms with Gasteiger partial charge in [0.2, 0.25) is 0 Å². The molecule has 0 spiro atoms. The van der Waals surface area contributed by atoms with Crippen LogP contribution in [0.5, 0.6) is 0 Å². The van der Waals surface area contributed by atoms with E-state index in [0.717, 1.165) is 37.4 Å². The number of pyridine rings is 1. The van der Waals surface area contributed by atoms with E-state index >= 15 is 0 Å². The van der Waals surface area contributed by atoms with E-state index in [9.17, 15) is 14.0 Å². The molecule has 0 bridgehead atoms. The number of rotatable bonds is 4. The molecule has 8 heteroatoms. The molecule has 1 N–H and O–H groups in total. The van der Waals surface area contributed by atoms with Gasteiger partial charge in [0.1, 0.15) is 11.6 Å². The van der Waals surface area contributed by atoms with Crippen molar-refractivity contribution < 1.29 is 9.18 Å². The fourth-order valence-electron chi connectivity index (χ4n) is 4.75. The van der Waals surface area contributed by atoms with E-state index in [-0.39, 0.29) is 29.5 Å². The maximum atomic E-state index is 14.1. The molecule has 1 fully saturated rings. The number of hydrogen-bond acceptors (Lipinski definition) is 5. The van der Waals surface area contributed by atoms with Gasteiger partial charge in [0.05, 0.1) is 23.5 Å². The minimum absolute atomic E-state index is 0.0437. The minimum Gasteiger partial charge on any atom is -0.332 e. The maximum Gasteiger partial charge on any atom is 0.257 e. The highest BCUT2D eigenvalue weighted by molar-refractivity contribution is 5.94. The Morgan fingerprint density at radius 3 is 2.82 bits per heavy atom. The molecular formula is C25H26FN5O2. The number of amides is 1. The van der Waals surface area contributed by atoms with Gasteiger partial charge in [-0.25, -0.2) is 9.37 Å². The van der Waals surface area contributed by atoms with E-state index in [2.05, 4.69) is 14.9 Å². The van der Waals surface area contributed by atoms with E-state index in [1.165, 1.54) is 12.1 Å². The summed E-state index contributed by atoms with van der Waals surface area (Å²) in [6.45, 7) is 5.01. The van der Waals surface area contributed by atoms with Gasteiger partial charge in [-0.2, -0.15) is 0 Å². The maximum absolute atomic E-state index is 14.1. The largest absolute Gasteiger partial charge is 0.332 e. The van der Waals surface area contributed by atoms with E-state index in [4.69, 9.17) is 4.98 Å². The molecule has 2 aliphatic heterocycles. The Hall–Kier alpha value is -3.39. The first-order valence-electron chi connectivity index (χ1n) is 11.3. The van der Waals surface area contributed by atoms with Crippen LogP contribution in [-0.2, 0) is 19.5 Å². The molecule has 0 aliphatic carbocycles. The van der Waals surface area contributed by atoms with Crippen molar-refractivity contribution >= 4 is 5.91 Å². The smallest absolute Gasteiger partial charge is 0.257 e. The van der Waals surface area contributed by atoms with Crippen molar-refractivity contribution in [1.29, 1.82) is 0 Å². The number of benzene rings is 1. The summed E-state index contributed by atoms with van der Waals surface area (Å²) >= 11 is 0. The molecule has 2 aliphatic rings. The number of aryl methyl sites for hydroxylation is 1. The van der Waals surface area contributed by atoms with Gasteiger partial charge in [-0.05, 0) is 50.6 Å². The molecular weight excluding hydrogens is 421 g/mol. The van der Waals surface area contributed by atoms with Gasteiger partial charge < -0.3 is 9.88 Å². The molecule has 170 valence electrons. The predicted molar refractivity (Wildman–Crippen MR) is 121 cm³/mol. The fourth-order valence-corrected chi connectivity index (χ4v) is 4.75. The van der Waals surface area contributed by atoms with E-state index < -0.39 is 5.82 Å². The molecule has 4 heterocycles. The van der Waals surface area contributed by atoms with Crippen LogP contribution in [0.1, 0.15) is 51.2 Å². The minimum atomic E-state index is -0.540. The summed E-state index contributed by atoms with van der Waals surface area (Å²) in [7, 11) is 0. The van der Waals surface area contributed by atoms with Gasteiger partial charge in [0, 0.05) is 36.8 Å². The lowest BCUT2D eigenvalue weighted by molar-refractivity contribution is 0.0726. The second-order valence-corrected chi connectivity index (χ2v) is 8.82. The molecule has 1 amide bonds. The van der Waals surface area contributed by atoms with Crippen LogP contribution >= 0.6 is 0 Å². The number of carbonyl (C=O) groups excluding carboxylic acids is 1. The number of likely N-dealkylation sites (tertiary alicyclic amines) is 1. The van der Waals surface area contributed by atoms with Crippen LogP contribution in [0.25, 0.3) is 0 Å². The van der Waals surface area contributed by atoms with Gasteiger partial charge >= 0.3 is 0 Å². The van der Waals surface area contributed by atoms with Crippen LogP contribution in [0.15, 0.2) is 47.3 Å². The van der Waals surface area contributed by atoms with Gasteiger partial charge in [0.25, 0.3) is 11.5 Å². The Balaban J connectivity index is 1.32. The third kappa shape index (κ3) is 4.43. The Kier molecular flexibility index (Phi) is 5.76. The zero-order valence-electron chi connectivity index (χ0n) is 18.6. The number of H-pyrrole nitrogens is 1. The molecule has 1 atom stereocenters. The summed E-state index contributed by atoms with van der Waals surface area (Å²) in [5.74, 6) is -0.133. The monoisotopic (exact) mass is 447 g/mol. The van der Waals surface area contributed by atoms with Crippen molar-refractivity contribution in [3.05, 3.63) is 92.7 Å². The molecule has 5 rings (SSSR count). The van der Waals surface area contributed by atoms with Crippen LogP contribution < -0.4 is 5.56 Å². The highest BCUT2D eigenvalue weighted by atomic mass is 19.1. The Bertz CT molecular complexity index is 1260. The number of aromatic amines is 1. The van der Waals surface area contributed by atoms with Crippen molar-refractivity contribution in [2.75, 3.05) is 19.6 Å². The molecule has 33 heavy (non-hydrogen) atoms. The van der Waals surface area contributed by atoms with Crippen LogP contribution in [0.3, 0.4) is 0 Å². The number of aromatic nitrogens is 3. The van der Waals surface area contributed by atoms with Crippen LogP contribution in [0.4, 0.5) is 4.39 Å². The van der Waals surface area contributed by atoms with Crippen molar-refractivity contribution in [3.8, 4) is 0 Å². The first kappa shape index (κ1) is 21.5. The Morgan fingerprint density at radius 2 is 2.00 bits per heavy atom. The highest BCUT2D eigenvalue weighted by Crippen LogP contribution is 2.27. The summed E-state index contributed by atoms with van der Waals surface area (Å²) in [6.07, 6.45) is 1.30. The fraction of sp³-hybridized carbons (Fsp3) is 0.360. The molecule has 1 aromatic carbocycles. The number of hydrogen-bond donors (Lipinski definition) is 1. The summed E-state index contributed by atoms with van der Waals surface area (Å²) in [5, 5.41) is 0. The third-order valence-corrected chi connectivity index (χ3v) is 6.47. The van der Waals surface area contributed by atoms with Gasteiger partial charge in [0.15, 0.2) is 0 Å². The number of nitrogens with one attached hydrogen (secondary N) is 1. The highest BCUT2D eigenvalue weighted by Gasteiger charge is 2.30. The van der Waals surface area contributed by atoms with E-state index in [0.29, 0.717) is 30.0 Å². The quantitative estimate of drug-likeness (QED) is 0.665. The van der Waals surface area contributed by atoms with Gasteiger partial charge in [-0.1, -0.05) is 18.2 Å². The Morgan fingerprint density at radius 1 is 1.15 bits per heavy atom. The van der Waals surface area contributed by atoms with Crippen molar-refractivity contribution in [2.24, 2.45) is 0 Å². The van der Waals surface area contributed by atoms with E-state index in [1.807, 2.05) is 25.1 Å². The summed E-state index contributed by atoms with van der Waals surface area (Å²) < 4.78 is 14.1. The number of nitrogens with zero attached hydrogens (tertiary/aromatic N) is 4. The summed E-state index contributed by atoms with van der Waals surface area (Å²) in [6, 6.07) is 12.0. The van der Waals surface area contributed by atoms with Crippen LogP contribution in [0.2, 0.25) is 0 Å². The second kappa shape index (κ2) is 8.86. The normalized spacial score (nSPS) is 18.4. The summed E-state index contributed by atoms with van der Waals surface area (Å²) in [5.41, 5.74) is 3.18.